The highest BCUT2D eigenvalue weighted by molar-refractivity contribution is 6.16. The molecule has 1 aliphatic carbocycles. The van der Waals surface area contributed by atoms with Gasteiger partial charge in [-0.2, -0.15) is 0 Å². The molecule has 8 heteroatoms. The summed E-state index contributed by atoms with van der Waals surface area (Å²) >= 11 is 0. The fourth-order valence-electron chi connectivity index (χ4n) is 5.30. The lowest BCUT2D eigenvalue weighted by molar-refractivity contribution is -0.0558. The van der Waals surface area contributed by atoms with Gasteiger partial charge in [0.25, 0.3) is 0 Å². The number of esters is 1. The number of nitrogens with one attached hydrogen (secondary N) is 1. The van der Waals surface area contributed by atoms with Crippen molar-refractivity contribution >= 4 is 22.7 Å². The molecule has 2 heterocycles. The van der Waals surface area contributed by atoms with Crippen LogP contribution in [0.4, 0.5) is 13.2 Å². The number of alkyl halides is 2. The van der Waals surface area contributed by atoms with Crippen LogP contribution in [-0.4, -0.2) is 53.8 Å². The van der Waals surface area contributed by atoms with Crippen LogP contribution in [0.1, 0.15) is 84.2 Å². The second-order valence-electron chi connectivity index (χ2n) is 8.96. The Bertz CT molecular complexity index is 1020. The number of aromatic amines is 1. The van der Waals surface area contributed by atoms with Gasteiger partial charge in [-0.3, -0.25) is 4.79 Å². The van der Waals surface area contributed by atoms with Gasteiger partial charge in [0.1, 0.15) is 5.82 Å². The summed E-state index contributed by atoms with van der Waals surface area (Å²) in [5, 5.41) is 0.414. The maximum absolute atomic E-state index is 14.2. The number of hydrogen-bond donors (Lipinski definition) is 1. The molecule has 0 radical (unpaired) electrons. The Balaban J connectivity index is 1.62. The molecule has 1 saturated carbocycles. The molecule has 2 aliphatic rings. The molecule has 5 nitrogen and oxygen atoms in total. The molecule has 2 aromatic rings. The zero-order chi connectivity index (χ0) is 23.0. The van der Waals surface area contributed by atoms with Crippen molar-refractivity contribution in [3.63, 3.8) is 0 Å². The largest absolute Gasteiger partial charge is 0.465 e. The number of benzene rings is 1. The first-order valence-corrected chi connectivity index (χ1v) is 11.3. The van der Waals surface area contributed by atoms with Crippen LogP contribution in [0.25, 0.3) is 10.9 Å². The van der Waals surface area contributed by atoms with Crippen molar-refractivity contribution in [3.8, 4) is 0 Å². The van der Waals surface area contributed by atoms with Gasteiger partial charge >= 0.3 is 5.97 Å². The Morgan fingerprint density at radius 1 is 1.16 bits per heavy atom. The molecular weight excluding hydrogens is 421 g/mol. The Hall–Kier alpha value is -2.35. The standard InChI is InChI=1S/C24H29F3N2O3/c1-3-19(30)21-20-17(23(31)32-2)12-15(25)13-18(20)28-22(21)14-6-10-29(11-7-14)16-4-8-24(26,27)9-5-16/h12-14,16,28H,3-11H2,1-2H3. The van der Waals surface area contributed by atoms with Crippen LogP contribution >= 0.6 is 0 Å². The number of hydrogen-bond acceptors (Lipinski definition) is 4. The van der Waals surface area contributed by atoms with E-state index in [0.29, 0.717) is 29.3 Å². The van der Waals surface area contributed by atoms with E-state index in [-0.39, 0.29) is 42.6 Å². The minimum atomic E-state index is -2.54. The lowest BCUT2D eigenvalue weighted by Gasteiger charge is -2.40. The molecule has 1 aliphatic heterocycles. The van der Waals surface area contributed by atoms with E-state index in [1.54, 1.807) is 6.92 Å². The summed E-state index contributed by atoms with van der Waals surface area (Å²) in [5.41, 5.74) is 1.63. The van der Waals surface area contributed by atoms with Crippen LogP contribution < -0.4 is 0 Å². The van der Waals surface area contributed by atoms with Gasteiger partial charge in [-0.25, -0.2) is 18.0 Å². The van der Waals surface area contributed by atoms with Crippen LogP contribution in [-0.2, 0) is 4.74 Å². The molecule has 32 heavy (non-hydrogen) atoms. The van der Waals surface area contributed by atoms with Gasteiger partial charge < -0.3 is 14.6 Å². The average molecular weight is 451 g/mol. The van der Waals surface area contributed by atoms with Crippen molar-refractivity contribution in [2.45, 2.75) is 69.8 Å². The van der Waals surface area contributed by atoms with Gasteiger partial charge in [-0.15, -0.1) is 0 Å². The highest BCUT2D eigenvalue weighted by atomic mass is 19.3. The number of likely N-dealkylation sites (tertiary alicyclic amines) is 1. The van der Waals surface area contributed by atoms with Crippen molar-refractivity contribution in [1.29, 1.82) is 0 Å². The zero-order valence-corrected chi connectivity index (χ0v) is 18.5. The van der Waals surface area contributed by atoms with Crippen molar-refractivity contribution in [3.05, 3.63) is 34.8 Å². The third kappa shape index (κ3) is 4.29. The number of piperidine rings is 1. The number of ether oxygens (including phenoxy) is 1. The maximum atomic E-state index is 14.2. The third-order valence-corrected chi connectivity index (χ3v) is 7.04. The van der Waals surface area contributed by atoms with E-state index in [4.69, 9.17) is 4.74 Å². The number of carbonyl (C=O) groups is 2. The number of aromatic nitrogens is 1. The van der Waals surface area contributed by atoms with Gasteiger partial charge in [0.15, 0.2) is 5.78 Å². The summed E-state index contributed by atoms with van der Waals surface area (Å²) in [6, 6.07) is 2.59. The van der Waals surface area contributed by atoms with Crippen molar-refractivity contribution in [2.75, 3.05) is 20.2 Å². The van der Waals surface area contributed by atoms with Gasteiger partial charge in [0.05, 0.1) is 18.2 Å². The molecule has 1 aromatic heterocycles. The predicted octanol–water partition coefficient (Wildman–Crippen LogP) is 5.44. The third-order valence-electron chi connectivity index (χ3n) is 7.04. The summed E-state index contributed by atoms with van der Waals surface area (Å²) in [4.78, 5) is 30.8. The van der Waals surface area contributed by atoms with Crippen molar-refractivity contribution in [1.82, 2.24) is 9.88 Å². The molecular formula is C24H29F3N2O3. The molecule has 0 spiro atoms. The molecule has 2 fully saturated rings. The van der Waals surface area contributed by atoms with Crippen LogP contribution in [0.15, 0.2) is 12.1 Å². The Morgan fingerprint density at radius 2 is 1.81 bits per heavy atom. The fraction of sp³-hybridized carbons (Fsp3) is 0.583. The van der Waals surface area contributed by atoms with Crippen molar-refractivity contribution in [2.24, 2.45) is 0 Å². The quantitative estimate of drug-likeness (QED) is 0.487. The number of carbonyl (C=O) groups excluding carboxylic acids is 2. The number of ketones is 1. The van der Waals surface area contributed by atoms with Gasteiger partial charge in [0.2, 0.25) is 5.92 Å². The molecule has 1 aromatic carbocycles. The van der Waals surface area contributed by atoms with Crippen molar-refractivity contribution < 1.29 is 27.5 Å². The van der Waals surface area contributed by atoms with Gasteiger partial charge in [0, 0.05) is 47.9 Å². The summed E-state index contributed by atoms with van der Waals surface area (Å²) < 4.78 is 46.1. The second kappa shape index (κ2) is 8.89. The van der Waals surface area contributed by atoms with Crippen LogP contribution in [0.2, 0.25) is 0 Å². The Labute approximate surface area is 185 Å². The summed E-state index contributed by atoms with van der Waals surface area (Å²) in [7, 11) is 1.23. The topological polar surface area (TPSA) is 62.4 Å². The molecule has 1 saturated heterocycles. The number of rotatable bonds is 5. The number of Topliss-reactive ketones (excluding diaryl/α,β-unsaturated/α-hetero) is 1. The summed E-state index contributed by atoms with van der Waals surface area (Å²) in [5.74, 6) is -3.87. The smallest absolute Gasteiger partial charge is 0.338 e. The first-order valence-electron chi connectivity index (χ1n) is 11.3. The molecule has 0 unspecified atom stereocenters. The van der Waals surface area contributed by atoms with Gasteiger partial charge in [-0.05, 0) is 50.9 Å². The molecule has 0 atom stereocenters. The van der Waals surface area contributed by atoms with E-state index >= 15 is 0 Å². The SMILES string of the molecule is CCC(=O)c1c(C2CCN(C3CCC(F)(F)CC3)CC2)[nH]c2cc(F)cc(C(=O)OC)c12. The van der Waals surface area contributed by atoms with Crippen LogP contribution in [0, 0.1) is 5.82 Å². The first kappa shape index (κ1) is 22.8. The van der Waals surface area contributed by atoms with E-state index in [0.717, 1.165) is 37.7 Å². The van der Waals surface area contributed by atoms with Crippen LogP contribution in [0.5, 0.6) is 0 Å². The number of H-pyrrole nitrogens is 1. The molecule has 1 N–H and O–H groups in total. The number of nitrogens with zero attached hydrogens (tertiary/aromatic N) is 1. The lowest BCUT2D eigenvalue weighted by atomic mass is 9.85. The van der Waals surface area contributed by atoms with E-state index < -0.39 is 17.7 Å². The van der Waals surface area contributed by atoms with E-state index in [2.05, 4.69) is 9.88 Å². The maximum Gasteiger partial charge on any atom is 0.338 e. The summed E-state index contributed by atoms with van der Waals surface area (Å²) in [6.07, 6.45) is 2.68. The second-order valence-corrected chi connectivity index (χ2v) is 8.96. The van der Waals surface area contributed by atoms with E-state index in [1.807, 2.05) is 0 Å². The van der Waals surface area contributed by atoms with E-state index in [1.165, 1.54) is 13.2 Å². The molecule has 174 valence electrons. The zero-order valence-electron chi connectivity index (χ0n) is 18.5. The Kier molecular flexibility index (Phi) is 6.34. The number of halogens is 3. The fourth-order valence-corrected chi connectivity index (χ4v) is 5.30. The predicted molar refractivity (Wildman–Crippen MR) is 115 cm³/mol. The minimum Gasteiger partial charge on any atom is -0.465 e. The highest BCUT2D eigenvalue weighted by Gasteiger charge is 2.38. The monoisotopic (exact) mass is 450 g/mol. The van der Waals surface area contributed by atoms with E-state index in [9.17, 15) is 22.8 Å². The average Bonchev–Trinajstić information content (AvgIpc) is 3.16. The normalized spacial score (nSPS) is 20.5. The van der Waals surface area contributed by atoms with Crippen LogP contribution in [0.3, 0.4) is 0 Å². The number of fused-ring (bicyclic) bond motifs is 1. The molecule has 4 rings (SSSR count). The number of methoxy groups -OCH3 is 1. The molecule has 0 amide bonds. The Morgan fingerprint density at radius 3 is 2.41 bits per heavy atom. The summed E-state index contributed by atoms with van der Waals surface area (Å²) in [6.45, 7) is 3.27. The highest BCUT2D eigenvalue weighted by Crippen LogP contribution is 2.40. The lowest BCUT2D eigenvalue weighted by Crippen LogP contribution is -2.44. The minimum absolute atomic E-state index is 0.0439. The first-order chi connectivity index (χ1) is 15.2. The molecule has 0 bridgehead atoms. The van der Waals surface area contributed by atoms with Gasteiger partial charge in [-0.1, -0.05) is 6.92 Å².